The number of halogens is 1. The number of nitrogens with zero attached hydrogens (tertiary/aromatic N) is 4. The van der Waals surface area contributed by atoms with E-state index in [9.17, 15) is 0 Å². The number of ether oxygens (including phenoxy) is 2. The van der Waals surface area contributed by atoms with Crippen molar-refractivity contribution in [2.24, 2.45) is 10.9 Å². The standard InChI is InChI=1S/C21H32N6O2.HI/c1-3-20-26-25-16-27(20)12-11-23-21(24-14-17-9-13-29-15-17)22-10-8-18-6-4-5-7-19(18)28-2;/h4-7,16-17H,3,8-15H2,1-2H3,(H2,22,23,24);1H. The number of methoxy groups -OCH3 is 1. The Kier molecular flexibility index (Phi) is 10.9. The van der Waals surface area contributed by atoms with Crippen LogP contribution >= 0.6 is 24.0 Å². The van der Waals surface area contributed by atoms with Crippen LogP contribution in [0.25, 0.3) is 0 Å². The fraction of sp³-hybridized carbons (Fsp3) is 0.571. The maximum Gasteiger partial charge on any atom is 0.191 e. The summed E-state index contributed by atoms with van der Waals surface area (Å²) in [6.07, 6.45) is 4.60. The molecule has 3 rings (SSSR count). The molecule has 0 spiro atoms. The zero-order valence-electron chi connectivity index (χ0n) is 17.8. The van der Waals surface area contributed by atoms with Crippen molar-refractivity contribution in [1.29, 1.82) is 0 Å². The van der Waals surface area contributed by atoms with Crippen LogP contribution in [0.4, 0.5) is 0 Å². The normalized spacial score (nSPS) is 16.2. The van der Waals surface area contributed by atoms with Gasteiger partial charge in [0.2, 0.25) is 0 Å². The Hall–Kier alpha value is -1.88. The minimum atomic E-state index is 0. The van der Waals surface area contributed by atoms with E-state index in [1.165, 1.54) is 5.56 Å². The van der Waals surface area contributed by atoms with Gasteiger partial charge in [-0.25, -0.2) is 0 Å². The zero-order chi connectivity index (χ0) is 20.3. The summed E-state index contributed by atoms with van der Waals surface area (Å²) in [7, 11) is 1.71. The number of para-hydroxylation sites is 1. The first-order valence-electron chi connectivity index (χ1n) is 10.4. The van der Waals surface area contributed by atoms with E-state index in [-0.39, 0.29) is 24.0 Å². The van der Waals surface area contributed by atoms with Crippen LogP contribution in [0.2, 0.25) is 0 Å². The molecule has 1 unspecified atom stereocenters. The lowest BCUT2D eigenvalue weighted by Crippen LogP contribution is -2.40. The van der Waals surface area contributed by atoms with Crippen molar-refractivity contribution in [3.05, 3.63) is 42.0 Å². The van der Waals surface area contributed by atoms with Gasteiger partial charge < -0.3 is 24.7 Å². The predicted octanol–water partition coefficient (Wildman–Crippen LogP) is 2.28. The van der Waals surface area contributed by atoms with E-state index in [1.54, 1.807) is 13.4 Å². The second-order valence-electron chi connectivity index (χ2n) is 7.13. The third-order valence-corrected chi connectivity index (χ3v) is 5.07. The number of hydrogen-bond acceptors (Lipinski definition) is 5. The van der Waals surface area contributed by atoms with Gasteiger partial charge in [0.25, 0.3) is 0 Å². The van der Waals surface area contributed by atoms with Crippen LogP contribution in [0.15, 0.2) is 35.6 Å². The molecule has 0 saturated carbocycles. The van der Waals surface area contributed by atoms with Crippen molar-refractivity contribution in [1.82, 2.24) is 25.4 Å². The Morgan fingerprint density at radius 3 is 2.90 bits per heavy atom. The molecule has 1 aliphatic rings. The monoisotopic (exact) mass is 528 g/mol. The summed E-state index contributed by atoms with van der Waals surface area (Å²) in [5, 5.41) is 15.0. The largest absolute Gasteiger partial charge is 0.496 e. The topological polar surface area (TPSA) is 85.6 Å². The Bertz CT molecular complexity index is 776. The maximum absolute atomic E-state index is 5.47. The highest BCUT2D eigenvalue weighted by atomic mass is 127. The quantitative estimate of drug-likeness (QED) is 0.280. The molecule has 166 valence electrons. The molecule has 1 fully saturated rings. The average Bonchev–Trinajstić information content (AvgIpc) is 3.43. The summed E-state index contributed by atoms with van der Waals surface area (Å²) in [6, 6.07) is 8.12. The Balaban J connectivity index is 0.00000320. The minimum absolute atomic E-state index is 0. The maximum atomic E-state index is 5.47. The van der Waals surface area contributed by atoms with Crippen LogP contribution < -0.4 is 15.4 Å². The van der Waals surface area contributed by atoms with Crippen LogP contribution in [-0.4, -0.2) is 60.7 Å². The number of nitrogens with one attached hydrogen (secondary N) is 2. The van der Waals surface area contributed by atoms with E-state index < -0.39 is 0 Å². The zero-order valence-corrected chi connectivity index (χ0v) is 20.2. The van der Waals surface area contributed by atoms with E-state index in [0.29, 0.717) is 5.92 Å². The number of guanidine groups is 1. The highest BCUT2D eigenvalue weighted by Gasteiger charge is 2.15. The third-order valence-electron chi connectivity index (χ3n) is 5.07. The fourth-order valence-electron chi connectivity index (χ4n) is 3.38. The molecule has 0 radical (unpaired) electrons. The summed E-state index contributed by atoms with van der Waals surface area (Å²) in [5.74, 6) is 3.26. The average molecular weight is 528 g/mol. The molecule has 1 atom stereocenters. The van der Waals surface area contributed by atoms with Crippen LogP contribution in [0.1, 0.15) is 24.7 Å². The number of aryl methyl sites for hydroxylation is 1. The van der Waals surface area contributed by atoms with Gasteiger partial charge in [-0.2, -0.15) is 0 Å². The molecule has 1 aromatic heterocycles. The highest BCUT2D eigenvalue weighted by Crippen LogP contribution is 2.17. The van der Waals surface area contributed by atoms with Gasteiger partial charge >= 0.3 is 0 Å². The number of aliphatic imine (C=N–C) groups is 1. The Morgan fingerprint density at radius 1 is 1.30 bits per heavy atom. The summed E-state index contributed by atoms with van der Waals surface area (Å²) in [6.45, 7) is 6.85. The lowest BCUT2D eigenvalue weighted by atomic mass is 10.1. The van der Waals surface area contributed by atoms with Gasteiger partial charge in [-0.1, -0.05) is 25.1 Å². The molecule has 2 aromatic rings. The van der Waals surface area contributed by atoms with Crippen LogP contribution in [0, 0.1) is 5.92 Å². The Morgan fingerprint density at radius 2 is 2.13 bits per heavy atom. The van der Waals surface area contributed by atoms with Gasteiger partial charge in [0.1, 0.15) is 17.9 Å². The Labute approximate surface area is 195 Å². The van der Waals surface area contributed by atoms with E-state index in [4.69, 9.17) is 14.5 Å². The molecule has 30 heavy (non-hydrogen) atoms. The van der Waals surface area contributed by atoms with Gasteiger partial charge in [-0.05, 0) is 24.5 Å². The van der Waals surface area contributed by atoms with Crippen LogP contribution in [0.3, 0.4) is 0 Å². The van der Waals surface area contributed by atoms with Crippen molar-refractivity contribution in [2.75, 3.05) is 40.0 Å². The van der Waals surface area contributed by atoms with E-state index in [2.05, 4.69) is 38.4 Å². The molecular formula is C21H33IN6O2. The predicted molar refractivity (Wildman–Crippen MR) is 129 cm³/mol. The lowest BCUT2D eigenvalue weighted by Gasteiger charge is -2.15. The first-order valence-corrected chi connectivity index (χ1v) is 10.4. The van der Waals surface area contributed by atoms with Crippen molar-refractivity contribution in [3.63, 3.8) is 0 Å². The first kappa shape index (κ1) is 24.4. The third kappa shape index (κ3) is 7.42. The molecule has 1 aromatic carbocycles. The van der Waals surface area contributed by atoms with Crippen molar-refractivity contribution < 1.29 is 9.47 Å². The second kappa shape index (κ2) is 13.4. The second-order valence-corrected chi connectivity index (χ2v) is 7.13. The van der Waals surface area contributed by atoms with E-state index in [0.717, 1.165) is 76.2 Å². The summed E-state index contributed by atoms with van der Waals surface area (Å²) >= 11 is 0. The molecule has 1 aliphatic heterocycles. The number of aromatic nitrogens is 3. The molecule has 9 heteroatoms. The van der Waals surface area contributed by atoms with Gasteiger partial charge in [0.05, 0.1) is 13.7 Å². The number of rotatable bonds is 10. The highest BCUT2D eigenvalue weighted by molar-refractivity contribution is 14.0. The molecule has 1 saturated heterocycles. The van der Waals surface area contributed by atoms with Crippen molar-refractivity contribution in [3.8, 4) is 5.75 Å². The summed E-state index contributed by atoms with van der Waals surface area (Å²) < 4.78 is 13.0. The molecule has 0 bridgehead atoms. The lowest BCUT2D eigenvalue weighted by molar-refractivity contribution is 0.187. The van der Waals surface area contributed by atoms with Crippen LogP contribution in [-0.2, 0) is 24.1 Å². The fourth-order valence-corrected chi connectivity index (χ4v) is 3.38. The first-order chi connectivity index (χ1) is 14.3. The van der Waals surface area contributed by atoms with Gasteiger partial charge in [0.15, 0.2) is 5.96 Å². The van der Waals surface area contributed by atoms with Crippen molar-refractivity contribution >= 4 is 29.9 Å². The molecular weight excluding hydrogens is 495 g/mol. The van der Waals surface area contributed by atoms with E-state index >= 15 is 0 Å². The molecule has 8 nitrogen and oxygen atoms in total. The SMILES string of the molecule is CCc1nncn1CCNC(=NCC1CCOC1)NCCc1ccccc1OC.I. The summed E-state index contributed by atoms with van der Waals surface area (Å²) in [5.41, 5.74) is 1.18. The molecule has 0 aliphatic carbocycles. The van der Waals surface area contributed by atoms with Gasteiger partial charge in [-0.15, -0.1) is 34.2 Å². The molecule has 2 heterocycles. The summed E-state index contributed by atoms with van der Waals surface area (Å²) in [4.78, 5) is 4.78. The smallest absolute Gasteiger partial charge is 0.191 e. The van der Waals surface area contributed by atoms with Gasteiger partial charge in [0, 0.05) is 45.1 Å². The molecule has 2 N–H and O–H groups in total. The number of benzene rings is 1. The number of hydrogen-bond donors (Lipinski definition) is 2. The molecule has 0 amide bonds. The van der Waals surface area contributed by atoms with Gasteiger partial charge in [-0.3, -0.25) is 4.99 Å². The minimum Gasteiger partial charge on any atom is -0.496 e. The van der Waals surface area contributed by atoms with Crippen LogP contribution in [0.5, 0.6) is 5.75 Å². The van der Waals surface area contributed by atoms with E-state index in [1.807, 2.05) is 18.2 Å². The van der Waals surface area contributed by atoms with Crippen molar-refractivity contribution in [2.45, 2.75) is 32.7 Å².